The van der Waals surface area contributed by atoms with Gasteiger partial charge in [-0.15, -0.1) is 0 Å². The normalized spacial score (nSPS) is 11.7. The predicted molar refractivity (Wildman–Crippen MR) is 112 cm³/mol. The average Bonchev–Trinajstić information content (AvgIpc) is 2.73. The van der Waals surface area contributed by atoms with Crippen molar-refractivity contribution in [3.63, 3.8) is 0 Å². The van der Waals surface area contributed by atoms with Crippen LogP contribution in [0.3, 0.4) is 0 Å². The molecule has 3 rings (SSSR count). The second-order valence-corrected chi connectivity index (χ2v) is 7.45. The Labute approximate surface area is 167 Å². The van der Waals surface area contributed by atoms with Gasteiger partial charge in [0.25, 0.3) is 0 Å². The van der Waals surface area contributed by atoms with Gasteiger partial charge in [-0.3, -0.25) is 10.1 Å². The zero-order valence-electron chi connectivity index (χ0n) is 15.9. The number of carbonyl (C=O) groups excluding carboxylic acids is 2. The van der Waals surface area contributed by atoms with Crippen LogP contribution in [0.1, 0.15) is 6.92 Å². The smallest absolute Gasteiger partial charge is 0.321 e. The van der Waals surface area contributed by atoms with Gasteiger partial charge in [0.15, 0.2) is 0 Å². The standard InChI is InChI=1S/C21H21N3O3S/c1-13(20(25)24-21(26)22-2)28-19-12-17(14-7-5-4-6-8-14)16-10-9-15(27-3)11-18(16)23-19/h4-13H,1-3H3,(H2,22,24,25,26)/t13-/m1/s1. The molecule has 0 bridgehead atoms. The van der Waals surface area contributed by atoms with E-state index in [9.17, 15) is 9.59 Å². The average molecular weight is 395 g/mol. The summed E-state index contributed by atoms with van der Waals surface area (Å²) in [6, 6.07) is 17.2. The van der Waals surface area contributed by atoms with E-state index in [-0.39, 0.29) is 5.91 Å². The molecule has 0 saturated carbocycles. The monoisotopic (exact) mass is 395 g/mol. The molecule has 144 valence electrons. The van der Waals surface area contributed by atoms with Gasteiger partial charge in [-0.2, -0.15) is 0 Å². The number of fused-ring (bicyclic) bond motifs is 1. The van der Waals surface area contributed by atoms with Crippen molar-refractivity contribution in [2.75, 3.05) is 14.2 Å². The molecule has 0 aliphatic heterocycles. The first kappa shape index (κ1) is 19.7. The number of carbonyl (C=O) groups is 2. The van der Waals surface area contributed by atoms with E-state index in [4.69, 9.17) is 9.72 Å². The number of ether oxygens (including phenoxy) is 1. The molecule has 0 aliphatic carbocycles. The Bertz CT molecular complexity index is 1010. The number of thioether (sulfide) groups is 1. The van der Waals surface area contributed by atoms with Crippen molar-refractivity contribution in [1.29, 1.82) is 0 Å². The van der Waals surface area contributed by atoms with Gasteiger partial charge in [0, 0.05) is 18.5 Å². The van der Waals surface area contributed by atoms with Crippen LogP contribution in [0.2, 0.25) is 0 Å². The summed E-state index contributed by atoms with van der Waals surface area (Å²) >= 11 is 1.30. The lowest BCUT2D eigenvalue weighted by molar-refractivity contribution is -0.119. The highest BCUT2D eigenvalue weighted by molar-refractivity contribution is 8.00. The maximum atomic E-state index is 12.2. The van der Waals surface area contributed by atoms with E-state index in [0.717, 1.165) is 22.0 Å². The quantitative estimate of drug-likeness (QED) is 0.642. The van der Waals surface area contributed by atoms with Crippen LogP contribution in [0.25, 0.3) is 22.0 Å². The van der Waals surface area contributed by atoms with Crippen molar-refractivity contribution in [3.8, 4) is 16.9 Å². The molecule has 1 heterocycles. The maximum absolute atomic E-state index is 12.2. The minimum absolute atomic E-state index is 0.377. The van der Waals surface area contributed by atoms with Crippen LogP contribution >= 0.6 is 11.8 Å². The van der Waals surface area contributed by atoms with Gasteiger partial charge < -0.3 is 10.1 Å². The van der Waals surface area contributed by atoms with E-state index in [2.05, 4.69) is 10.6 Å². The summed E-state index contributed by atoms with van der Waals surface area (Å²) in [5.74, 6) is 0.338. The Kier molecular flexibility index (Phi) is 6.16. The number of benzene rings is 2. The van der Waals surface area contributed by atoms with E-state index >= 15 is 0 Å². The lowest BCUT2D eigenvalue weighted by Gasteiger charge is -2.14. The molecule has 2 N–H and O–H groups in total. The lowest BCUT2D eigenvalue weighted by atomic mass is 10.0. The highest BCUT2D eigenvalue weighted by Gasteiger charge is 2.18. The highest BCUT2D eigenvalue weighted by Crippen LogP contribution is 2.34. The van der Waals surface area contributed by atoms with Crippen LogP contribution in [0.5, 0.6) is 5.75 Å². The van der Waals surface area contributed by atoms with Gasteiger partial charge in [-0.1, -0.05) is 42.1 Å². The third kappa shape index (κ3) is 4.43. The van der Waals surface area contributed by atoms with Crippen LogP contribution in [-0.4, -0.2) is 36.3 Å². The molecule has 3 aromatic rings. The molecule has 0 fully saturated rings. The van der Waals surface area contributed by atoms with Crippen LogP contribution in [0.4, 0.5) is 4.79 Å². The largest absolute Gasteiger partial charge is 0.497 e. The third-order valence-electron chi connectivity index (χ3n) is 4.21. The number of rotatable bonds is 5. The second-order valence-electron chi connectivity index (χ2n) is 6.09. The molecule has 0 saturated heterocycles. The Balaban J connectivity index is 2.00. The van der Waals surface area contributed by atoms with E-state index in [1.54, 1.807) is 14.0 Å². The Hall–Kier alpha value is -3.06. The van der Waals surface area contributed by atoms with Gasteiger partial charge in [0.1, 0.15) is 5.75 Å². The van der Waals surface area contributed by atoms with E-state index in [1.165, 1.54) is 18.8 Å². The molecular weight excluding hydrogens is 374 g/mol. The predicted octanol–water partition coefficient (Wildman–Crippen LogP) is 3.85. The van der Waals surface area contributed by atoms with Gasteiger partial charge in [0.05, 0.1) is 22.9 Å². The van der Waals surface area contributed by atoms with Gasteiger partial charge in [-0.25, -0.2) is 9.78 Å². The summed E-state index contributed by atoms with van der Waals surface area (Å²) in [6.45, 7) is 1.74. The number of hydrogen-bond acceptors (Lipinski definition) is 5. The minimum Gasteiger partial charge on any atom is -0.497 e. The molecule has 1 atom stereocenters. The summed E-state index contributed by atoms with van der Waals surface area (Å²) in [5.41, 5.74) is 2.86. The van der Waals surface area contributed by atoms with Crippen LogP contribution in [0.15, 0.2) is 59.6 Å². The van der Waals surface area contributed by atoms with E-state index < -0.39 is 11.3 Å². The van der Waals surface area contributed by atoms with E-state index in [0.29, 0.717) is 10.8 Å². The SMILES string of the molecule is CNC(=O)NC(=O)[C@@H](C)Sc1cc(-c2ccccc2)c2ccc(OC)cc2n1. The number of urea groups is 1. The highest BCUT2D eigenvalue weighted by atomic mass is 32.2. The minimum atomic E-state index is -0.529. The number of aromatic nitrogens is 1. The summed E-state index contributed by atoms with van der Waals surface area (Å²) in [5, 5.41) is 5.87. The van der Waals surface area contributed by atoms with Crippen molar-refractivity contribution in [1.82, 2.24) is 15.6 Å². The van der Waals surface area contributed by atoms with Crippen molar-refractivity contribution in [2.24, 2.45) is 0 Å². The van der Waals surface area contributed by atoms with Gasteiger partial charge >= 0.3 is 6.03 Å². The Morgan fingerprint density at radius 3 is 2.54 bits per heavy atom. The zero-order chi connectivity index (χ0) is 20.1. The first-order valence-corrected chi connectivity index (χ1v) is 9.63. The van der Waals surface area contributed by atoms with Crippen molar-refractivity contribution < 1.29 is 14.3 Å². The van der Waals surface area contributed by atoms with Gasteiger partial charge in [-0.05, 0) is 36.2 Å². The molecule has 0 aliphatic rings. The molecule has 7 heteroatoms. The summed E-state index contributed by atoms with van der Waals surface area (Å²) in [4.78, 5) is 28.3. The third-order valence-corrected chi connectivity index (χ3v) is 5.23. The summed E-state index contributed by atoms with van der Waals surface area (Å²) in [6.07, 6.45) is 0. The maximum Gasteiger partial charge on any atom is 0.321 e. The molecule has 2 aromatic carbocycles. The first-order valence-electron chi connectivity index (χ1n) is 8.75. The fourth-order valence-electron chi connectivity index (χ4n) is 2.74. The number of hydrogen-bond donors (Lipinski definition) is 2. The Morgan fingerprint density at radius 1 is 1.11 bits per heavy atom. The number of imide groups is 1. The molecule has 3 amide bonds. The molecule has 0 spiro atoms. The number of pyridine rings is 1. The number of nitrogens with one attached hydrogen (secondary N) is 2. The van der Waals surface area contributed by atoms with Crippen LogP contribution in [0, 0.1) is 0 Å². The number of nitrogens with zero attached hydrogens (tertiary/aromatic N) is 1. The molecule has 28 heavy (non-hydrogen) atoms. The fourth-order valence-corrected chi connectivity index (χ4v) is 3.60. The Morgan fingerprint density at radius 2 is 1.86 bits per heavy atom. The first-order chi connectivity index (χ1) is 13.5. The molecular formula is C21H21N3O3S. The summed E-state index contributed by atoms with van der Waals surface area (Å²) < 4.78 is 5.33. The van der Waals surface area contributed by atoms with Crippen LogP contribution < -0.4 is 15.4 Å². The lowest BCUT2D eigenvalue weighted by Crippen LogP contribution is -2.41. The molecule has 0 radical (unpaired) electrons. The second kappa shape index (κ2) is 8.75. The van der Waals surface area contributed by atoms with Gasteiger partial charge in [0.2, 0.25) is 5.91 Å². The van der Waals surface area contributed by atoms with Crippen molar-refractivity contribution in [3.05, 3.63) is 54.6 Å². The van der Waals surface area contributed by atoms with Crippen molar-refractivity contribution in [2.45, 2.75) is 17.2 Å². The molecule has 1 aromatic heterocycles. The van der Waals surface area contributed by atoms with Crippen LogP contribution in [-0.2, 0) is 4.79 Å². The molecule has 6 nitrogen and oxygen atoms in total. The number of amides is 3. The van der Waals surface area contributed by atoms with E-state index in [1.807, 2.05) is 54.6 Å². The summed E-state index contributed by atoms with van der Waals surface area (Å²) in [7, 11) is 3.08. The molecule has 0 unspecified atom stereocenters. The zero-order valence-corrected chi connectivity index (χ0v) is 16.7. The number of methoxy groups -OCH3 is 1. The van der Waals surface area contributed by atoms with Crippen molar-refractivity contribution >= 4 is 34.6 Å². The topological polar surface area (TPSA) is 80.3 Å². The fraction of sp³-hybridized carbons (Fsp3) is 0.190.